The Balaban J connectivity index is 1.63. The molecule has 0 amide bonds. The topological polar surface area (TPSA) is 32.7 Å². The van der Waals surface area contributed by atoms with Crippen molar-refractivity contribution in [3.05, 3.63) is 71.8 Å². The summed E-state index contributed by atoms with van der Waals surface area (Å²) in [5.41, 5.74) is 2.25. The van der Waals surface area contributed by atoms with Gasteiger partial charge in [0, 0.05) is 25.6 Å². The minimum atomic E-state index is -0.759. The molecule has 3 unspecified atom stereocenters. The molecular formula is C20H24FNO2. The summed E-state index contributed by atoms with van der Waals surface area (Å²) >= 11 is 0. The monoisotopic (exact) mass is 329 g/mol. The molecule has 0 saturated carbocycles. The molecule has 3 rings (SSSR count). The van der Waals surface area contributed by atoms with Gasteiger partial charge < -0.3 is 9.84 Å². The van der Waals surface area contributed by atoms with Gasteiger partial charge in [0.1, 0.15) is 0 Å². The second kappa shape index (κ2) is 8.38. The number of hydrogen-bond donors (Lipinski definition) is 1. The van der Waals surface area contributed by atoms with E-state index >= 15 is 0 Å². The molecule has 0 aromatic heterocycles. The lowest BCUT2D eigenvalue weighted by atomic mass is 9.93. The lowest BCUT2D eigenvalue weighted by molar-refractivity contribution is -0.118. The van der Waals surface area contributed by atoms with Gasteiger partial charge in [0.2, 0.25) is 0 Å². The summed E-state index contributed by atoms with van der Waals surface area (Å²) in [7, 11) is 0. The molecule has 24 heavy (non-hydrogen) atoms. The Kier molecular flexibility index (Phi) is 5.96. The van der Waals surface area contributed by atoms with Crippen molar-refractivity contribution in [2.24, 2.45) is 5.92 Å². The minimum absolute atomic E-state index is 0.372. The summed E-state index contributed by atoms with van der Waals surface area (Å²) in [6, 6.07) is 20.0. The number of rotatable bonds is 6. The van der Waals surface area contributed by atoms with Gasteiger partial charge in [-0.3, -0.25) is 9.29 Å². The Morgan fingerprint density at radius 1 is 0.958 bits per heavy atom. The number of aliphatic hydroxyl groups excluding tert-OH is 1. The normalized spacial score (nSPS) is 24.8. The Morgan fingerprint density at radius 2 is 1.58 bits per heavy atom. The van der Waals surface area contributed by atoms with Gasteiger partial charge in [-0.2, -0.15) is 0 Å². The molecule has 1 fully saturated rings. The molecule has 2 aromatic rings. The zero-order chi connectivity index (χ0) is 16.8. The van der Waals surface area contributed by atoms with E-state index in [1.54, 1.807) is 0 Å². The molecule has 0 spiro atoms. The highest BCUT2D eigenvalue weighted by atomic mass is 19.1. The minimum Gasteiger partial charge on any atom is -0.390 e. The van der Waals surface area contributed by atoms with E-state index in [1.807, 2.05) is 48.5 Å². The van der Waals surface area contributed by atoms with Crippen molar-refractivity contribution >= 4 is 0 Å². The Bertz CT molecular complexity index is 608. The second-order valence-corrected chi connectivity index (χ2v) is 6.42. The van der Waals surface area contributed by atoms with Crippen LogP contribution in [-0.4, -0.2) is 42.0 Å². The zero-order valence-corrected chi connectivity index (χ0v) is 13.7. The summed E-state index contributed by atoms with van der Waals surface area (Å²) in [6.45, 7) is 1.81. The van der Waals surface area contributed by atoms with Crippen LogP contribution in [-0.2, 0) is 17.9 Å². The van der Waals surface area contributed by atoms with E-state index in [2.05, 4.69) is 17.0 Å². The van der Waals surface area contributed by atoms with E-state index in [1.165, 1.54) is 5.56 Å². The second-order valence-electron chi connectivity index (χ2n) is 6.42. The van der Waals surface area contributed by atoms with E-state index in [4.69, 9.17) is 4.74 Å². The van der Waals surface area contributed by atoms with Crippen molar-refractivity contribution in [1.29, 1.82) is 0 Å². The van der Waals surface area contributed by atoms with E-state index in [9.17, 15) is 9.50 Å². The van der Waals surface area contributed by atoms with Gasteiger partial charge in [-0.25, -0.2) is 0 Å². The number of likely N-dealkylation sites (tertiary alicyclic amines) is 1. The maximum Gasteiger partial charge on any atom is 0.0969 e. The van der Waals surface area contributed by atoms with Crippen molar-refractivity contribution in [3.8, 4) is 0 Å². The third-order valence-corrected chi connectivity index (χ3v) is 4.55. The van der Waals surface area contributed by atoms with Crippen molar-refractivity contribution in [2.75, 3.05) is 19.8 Å². The van der Waals surface area contributed by atoms with Crippen molar-refractivity contribution in [3.63, 3.8) is 0 Å². The Labute approximate surface area is 142 Å². The molecule has 3 nitrogen and oxygen atoms in total. The molecule has 3 atom stereocenters. The third-order valence-electron chi connectivity index (χ3n) is 4.55. The predicted molar refractivity (Wildman–Crippen MR) is 92.2 cm³/mol. The summed E-state index contributed by atoms with van der Waals surface area (Å²) in [6.07, 6.45) is -1.13. The lowest BCUT2D eigenvalue weighted by Crippen LogP contribution is -2.53. The summed E-state index contributed by atoms with van der Waals surface area (Å²) in [4.78, 5) is 2.17. The number of alkyl halides is 1. The van der Waals surface area contributed by atoms with E-state index in [-0.39, 0.29) is 6.10 Å². The smallest absolute Gasteiger partial charge is 0.0969 e. The first kappa shape index (κ1) is 17.1. The van der Waals surface area contributed by atoms with E-state index in [0.29, 0.717) is 19.7 Å². The quantitative estimate of drug-likeness (QED) is 0.884. The molecule has 1 heterocycles. The molecular weight excluding hydrogens is 305 g/mol. The maximum absolute atomic E-state index is 13.3. The molecule has 128 valence electrons. The van der Waals surface area contributed by atoms with Gasteiger partial charge in [0.25, 0.3) is 0 Å². The molecule has 1 N–H and O–H groups in total. The van der Waals surface area contributed by atoms with Crippen LogP contribution in [0.25, 0.3) is 0 Å². The molecule has 1 saturated heterocycles. The van der Waals surface area contributed by atoms with Gasteiger partial charge in [0.05, 0.1) is 25.5 Å². The van der Waals surface area contributed by atoms with Gasteiger partial charge in [-0.15, -0.1) is 0 Å². The third kappa shape index (κ3) is 4.41. The standard InChI is InChI=1S/C20H24FNO2/c21-11-18-13-22(12-16-7-3-1-4-8-16)14-19(20(18)23)24-15-17-9-5-2-6-10-17/h1-10,18-20,23H,11-15H2. The van der Waals surface area contributed by atoms with Crippen LogP contribution >= 0.6 is 0 Å². The molecule has 1 aliphatic rings. The summed E-state index contributed by atoms with van der Waals surface area (Å²) in [5, 5.41) is 10.4. The first-order valence-corrected chi connectivity index (χ1v) is 8.42. The SMILES string of the molecule is OC1C(CF)CN(Cc2ccccc2)CC1OCc1ccccc1. The fourth-order valence-corrected chi connectivity index (χ4v) is 3.22. The molecule has 4 heteroatoms. The highest BCUT2D eigenvalue weighted by Crippen LogP contribution is 2.23. The average Bonchev–Trinajstić information content (AvgIpc) is 2.63. The lowest BCUT2D eigenvalue weighted by Gasteiger charge is -2.40. The molecule has 0 radical (unpaired) electrons. The first-order valence-electron chi connectivity index (χ1n) is 8.42. The van der Waals surface area contributed by atoms with Crippen LogP contribution in [0.5, 0.6) is 0 Å². The molecule has 2 aromatic carbocycles. The van der Waals surface area contributed by atoms with Crippen molar-refractivity contribution < 1.29 is 14.2 Å². The fraction of sp³-hybridized carbons (Fsp3) is 0.400. The van der Waals surface area contributed by atoms with Crippen molar-refractivity contribution in [2.45, 2.75) is 25.4 Å². The van der Waals surface area contributed by atoms with Crippen LogP contribution in [0.3, 0.4) is 0 Å². The van der Waals surface area contributed by atoms with Gasteiger partial charge in [-0.05, 0) is 11.1 Å². The number of piperidine rings is 1. The van der Waals surface area contributed by atoms with Gasteiger partial charge in [0.15, 0.2) is 0 Å². The van der Waals surface area contributed by atoms with Gasteiger partial charge in [-0.1, -0.05) is 60.7 Å². The largest absolute Gasteiger partial charge is 0.390 e. The maximum atomic E-state index is 13.3. The van der Waals surface area contributed by atoms with Crippen LogP contribution in [0.2, 0.25) is 0 Å². The number of halogens is 1. The van der Waals surface area contributed by atoms with Crippen LogP contribution in [0.4, 0.5) is 4.39 Å². The Hall–Kier alpha value is -1.75. The average molecular weight is 329 g/mol. The van der Waals surface area contributed by atoms with E-state index in [0.717, 1.165) is 12.1 Å². The summed E-state index contributed by atoms with van der Waals surface area (Å²) in [5.74, 6) is -0.400. The van der Waals surface area contributed by atoms with E-state index < -0.39 is 18.7 Å². The first-order chi connectivity index (χ1) is 11.8. The van der Waals surface area contributed by atoms with Crippen LogP contribution < -0.4 is 0 Å². The Morgan fingerprint density at radius 3 is 2.21 bits per heavy atom. The number of benzene rings is 2. The highest BCUT2D eigenvalue weighted by Gasteiger charge is 2.36. The number of ether oxygens (including phenoxy) is 1. The predicted octanol–water partition coefficient (Wildman–Crippen LogP) is 3.03. The van der Waals surface area contributed by atoms with Gasteiger partial charge >= 0.3 is 0 Å². The van der Waals surface area contributed by atoms with Crippen LogP contribution in [0.15, 0.2) is 60.7 Å². The molecule has 0 bridgehead atoms. The van der Waals surface area contributed by atoms with Crippen LogP contribution in [0.1, 0.15) is 11.1 Å². The summed E-state index contributed by atoms with van der Waals surface area (Å²) < 4.78 is 19.3. The fourth-order valence-electron chi connectivity index (χ4n) is 3.22. The van der Waals surface area contributed by atoms with Crippen LogP contribution in [0, 0.1) is 5.92 Å². The highest BCUT2D eigenvalue weighted by molar-refractivity contribution is 5.15. The molecule has 1 aliphatic heterocycles. The van der Waals surface area contributed by atoms with Crippen molar-refractivity contribution in [1.82, 2.24) is 4.90 Å². The number of hydrogen-bond acceptors (Lipinski definition) is 3. The number of nitrogens with zero attached hydrogens (tertiary/aromatic N) is 1. The number of aliphatic hydroxyl groups is 1. The zero-order valence-electron chi connectivity index (χ0n) is 13.7. The molecule has 0 aliphatic carbocycles.